The Balaban J connectivity index is 2.92. The van der Waals surface area contributed by atoms with Crippen LogP contribution < -0.4 is 10.8 Å². The summed E-state index contributed by atoms with van der Waals surface area (Å²) in [5.74, 6) is 0. The molecule has 0 spiro atoms. The molecule has 0 radical (unpaired) electrons. The molecule has 0 saturated heterocycles. The number of benzene rings is 1. The molecule has 70 valence electrons. The maximum Gasteiger partial charge on any atom is 0.343 e. The molecular formula is C8H9ClN2O2. The zero-order valence-corrected chi connectivity index (χ0v) is 7.78. The number of carbonyl (C=O) groups excluding carboxylic acids is 1. The van der Waals surface area contributed by atoms with Crippen LogP contribution in [0.1, 0.15) is 0 Å². The molecule has 0 atom stereocenters. The highest BCUT2D eigenvalue weighted by atomic mass is 35.5. The first-order chi connectivity index (χ1) is 6.15. The van der Waals surface area contributed by atoms with Gasteiger partial charge in [-0.25, -0.2) is 4.79 Å². The van der Waals surface area contributed by atoms with Crippen molar-refractivity contribution < 1.29 is 9.63 Å². The molecule has 5 heteroatoms. The van der Waals surface area contributed by atoms with Crippen LogP contribution in [0.15, 0.2) is 24.3 Å². The van der Waals surface area contributed by atoms with Gasteiger partial charge in [0, 0.05) is 5.02 Å². The zero-order valence-electron chi connectivity index (χ0n) is 7.03. The number of amides is 2. The Morgan fingerprint density at radius 3 is 2.38 bits per heavy atom. The topological polar surface area (TPSA) is 55.6 Å². The maximum atomic E-state index is 10.8. The largest absolute Gasteiger partial charge is 0.349 e. The predicted octanol–water partition coefficient (Wildman–Crippen LogP) is 1.79. The van der Waals surface area contributed by atoms with Crippen molar-refractivity contribution in [3.8, 4) is 0 Å². The Labute approximate surface area is 80.8 Å². The van der Waals surface area contributed by atoms with Gasteiger partial charge in [-0.3, -0.25) is 4.84 Å². The molecule has 0 aliphatic heterocycles. The van der Waals surface area contributed by atoms with E-state index >= 15 is 0 Å². The molecule has 0 aliphatic carbocycles. The Hall–Kier alpha value is -1.26. The van der Waals surface area contributed by atoms with Crippen molar-refractivity contribution in [3.05, 3.63) is 29.3 Å². The lowest BCUT2D eigenvalue weighted by Crippen LogP contribution is -2.34. The molecule has 4 nitrogen and oxygen atoms in total. The fraction of sp³-hybridized carbons (Fsp3) is 0.125. The van der Waals surface area contributed by atoms with Crippen molar-refractivity contribution in [2.24, 2.45) is 5.73 Å². The van der Waals surface area contributed by atoms with Gasteiger partial charge in [0.1, 0.15) is 0 Å². The first kappa shape index (κ1) is 9.83. The van der Waals surface area contributed by atoms with E-state index in [1.807, 2.05) is 0 Å². The summed E-state index contributed by atoms with van der Waals surface area (Å²) in [6.45, 7) is 0. The van der Waals surface area contributed by atoms with Crippen molar-refractivity contribution in [2.45, 2.75) is 0 Å². The van der Waals surface area contributed by atoms with Crippen molar-refractivity contribution in [2.75, 3.05) is 12.2 Å². The van der Waals surface area contributed by atoms with Crippen molar-refractivity contribution >= 4 is 23.3 Å². The number of primary amides is 1. The molecule has 0 saturated carbocycles. The number of nitrogens with zero attached hydrogens (tertiary/aromatic N) is 1. The van der Waals surface area contributed by atoms with Gasteiger partial charge in [0.15, 0.2) is 0 Å². The van der Waals surface area contributed by atoms with Gasteiger partial charge < -0.3 is 5.73 Å². The molecule has 0 aliphatic rings. The molecule has 0 aromatic heterocycles. The molecule has 1 aromatic rings. The standard InChI is InChI=1S/C8H9ClN2O2/c1-13-11(8(10)12)7-4-2-6(9)3-5-7/h2-5H,1H3,(H2,10,12). The second-order valence-corrected chi connectivity index (χ2v) is 2.73. The van der Waals surface area contributed by atoms with Crippen LogP contribution in [0.3, 0.4) is 0 Å². The average Bonchev–Trinajstić information content (AvgIpc) is 2.09. The predicted molar refractivity (Wildman–Crippen MR) is 50.5 cm³/mol. The number of hydroxylamine groups is 1. The fourth-order valence-corrected chi connectivity index (χ4v) is 1.03. The van der Waals surface area contributed by atoms with E-state index in [1.165, 1.54) is 7.11 Å². The van der Waals surface area contributed by atoms with E-state index in [1.54, 1.807) is 24.3 Å². The number of hydrogen-bond acceptors (Lipinski definition) is 2. The summed E-state index contributed by atoms with van der Waals surface area (Å²) in [5.41, 5.74) is 5.59. The average molecular weight is 201 g/mol. The monoisotopic (exact) mass is 200 g/mol. The van der Waals surface area contributed by atoms with Gasteiger partial charge in [-0.1, -0.05) is 11.6 Å². The fourth-order valence-electron chi connectivity index (χ4n) is 0.899. The highest BCUT2D eigenvalue weighted by Gasteiger charge is 2.10. The summed E-state index contributed by atoms with van der Waals surface area (Å²) < 4.78 is 0. The summed E-state index contributed by atoms with van der Waals surface area (Å²) in [6.07, 6.45) is 0. The number of nitrogens with two attached hydrogens (primary N) is 1. The summed E-state index contributed by atoms with van der Waals surface area (Å²) in [6, 6.07) is 5.88. The van der Waals surface area contributed by atoms with Crippen LogP contribution in [-0.4, -0.2) is 13.1 Å². The van der Waals surface area contributed by atoms with Crippen LogP contribution in [0.2, 0.25) is 5.02 Å². The summed E-state index contributed by atoms with van der Waals surface area (Å²) in [5, 5.41) is 1.56. The smallest absolute Gasteiger partial charge is 0.343 e. The summed E-state index contributed by atoms with van der Waals surface area (Å²) in [7, 11) is 1.36. The summed E-state index contributed by atoms with van der Waals surface area (Å²) in [4.78, 5) is 15.6. The molecule has 1 rings (SSSR count). The van der Waals surface area contributed by atoms with Gasteiger partial charge in [-0.2, -0.15) is 5.06 Å². The lowest BCUT2D eigenvalue weighted by molar-refractivity contribution is 0.168. The van der Waals surface area contributed by atoms with E-state index in [-0.39, 0.29) is 0 Å². The van der Waals surface area contributed by atoms with Crippen molar-refractivity contribution in [1.82, 2.24) is 0 Å². The number of anilines is 1. The van der Waals surface area contributed by atoms with Crippen LogP contribution in [0, 0.1) is 0 Å². The Morgan fingerprint density at radius 1 is 1.46 bits per heavy atom. The van der Waals surface area contributed by atoms with Gasteiger partial charge >= 0.3 is 6.03 Å². The van der Waals surface area contributed by atoms with E-state index in [0.29, 0.717) is 10.7 Å². The highest BCUT2D eigenvalue weighted by molar-refractivity contribution is 6.30. The van der Waals surface area contributed by atoms with Gasteiger partial charge in [-0.05, 0) is 24.3 Å². The first-order valence-corrected chi connectivity index (χ1v) is 3.92. The van der Waals surface area contributed by atoms with Crippen molar-refractivity contribution in [1.29, 1.82) is 0 Å². The molecule has 1 aromatic carbocycles. The first-order valence-electron chi connectivity index (χ1n) is 3.54. The quantitative estimate of drug-likeness (QED) is 0.740. The minimum absolute atomic E-state index is 0.541. The van der Waals surface area contributed by atoms with Crippen LogP contribution in [0.4, 0.5) is 10.5 Å². The van der Waals surface area contributed by atoms with Crippen LogP contribution >= 0.6 is 11.6 Å². The molecule has 0 bridgehead atoms. The Bertz CT molecular complexity index is 300. The third kappa shape index (κ3) is 2.34. The minimum atomic E-state index is -0.676. The lowest BCUT2D eigenvalue weighted by atomic mass is 10.3. The molecular weight excluding hydrogens is 192 g/mol. The third-order valence-electron chi connectivity index (χ3n) is 1.44. The highest BCUT2D eigenvalue weighted by Crippen LogP contribution is 2.17. The molecule has 0 unspecified atom stereocenters. The van der Waals surface area contributed by atoms with Crippen LogP contribution in [0.25, 0.3) is 0 Å². The number of rotatable bonds is 2. The molecule has 0 heterocycles. The van der Waals surface area contributed by atoms with Crippen LogP contribution in [0.5, 0.6) is 0 Å². The number of halogens is 1. The van der Waals surface area contributed by atoms with Gasteiger partial charge in [-0.15, -0.1) is 0 Å². The van der Waals surface area contributed by atoms with E-state index < -0.39 is 6.03 Å². The minimum Gasteiger partial charge on any atom is -0.349 e. The van der Waals surface area contributed by atoms with Gasteiger partial charge in [0.25, 0.3) is 0 Å². The van der Waals surface area contributed by atoms with E-state index in [4.69, 9.17) is 22.2 Å². The van der Waals surface area contributed by atoms with Gasteiger partial charge in [0.2, 0.25) is 0 Å². The van der Waals surface area contributed by atoms with E-state index in [2.05, 4.69) is 0 Å². The SMILES string of the molecule is CON(C(N)=O)c1ccc(Cl)cc1. The zero-order chi connectivity index (χ0) is 9.84. The van der Waals surface area contributed by atoms with Gasteiger partial charge in [0.05, 0.1) is 12.8 Å². The van der Waals surface area contributed by atoms with Crippen LogP contribution in [-0.2, 0) is 4.84 Å². The second-order valence-electron chi connectivity index (χ2n) is 2.29. The normalized spacial score (nSPS) is 9.69. The Morgan fingerprint density at radius 2 is 2.00 bits per heavy atom. The van der Waals surface area contributed by atoms with Crippen molar-refractivity contribution in [3.63, 3.8) is 0 Å². The molecule has 13 heavy (non-hydrogen) atoms. The van der Waals surface area contributed by atoms with E-state index in [0.717, 1.165) is 5.06 Å². The number of urea groups is 1. The van der Waals surface area contributed by atoms with E-state index in [9.17, 15) is 4.79 Å². The lowest BCUT2D eigenvalue weighted by Gasteiger charge is -2.16. The second kappa shape index (κ2) is 4.11. The number of hydrogen-bond donors (Lipinski definition) is 1. The molecule has 0 fully saturated rings. The third-order valence-corrected chi connectivity index (χ3v) is 1.70. The maximum absolute atomic E-state index is 10.8. The number of carbonyl (C=O) groups is 1. The Kier molecular flexibility index (Phi) is 3.11. The molecule has 2 N–H and O–H groups in total. The summed E-state index contributed by atoms with van der Waals surface area (Å²) >= 11 is 5.66. The molecule has 2 amide bonds.